The zero-order valence-electron chi connectivity index (χ0n) is 12.4. The van der Waals surface area contributed by atoms with Crippen molar-refractivity contribution >= 4 is 21.7 Å². The van der Waals surface area contributed by atoms with Crippen LogP contribution in [-0.2, 0) is 21.2 Å². The van der Waals surface area contributed by atoms with E-state index < -0.39 is 27.2 Å². The predicted molar refractivity (Wildman–Crippen MR) is 79.5 cm³/mol. The lowest BCUT2D eigenvalue weighted by atomic mass is 10.1. The molecule has 1 aromatic rings. The summed E-state index contributed by atoms with van der Waals surface area (Å²) in [6.45, 7) is 4.36. The molecule has 21 heavy (non-hydrogen) atoms. The molecule has 0 saturated carbocycles. The number of rotatable bonds is 5. The molecular formula is C15H19NO4S. The molecule has 0 bridgehead atoms. The van der Waals surface area contributed by atoms with Crippen molar-refractivity contribution in [3.63, 3.8) is 0 Å². The van der Waals surface area contributed by atoms with Crippen molar-refractivity contribution in [2.24, 2.45) is 0 Å². The number of carbonyl (C=O) groups is 2. The largest absolute Gasteiger partial charge is 0.292 e. The second kappa shape index (κ2) is 5.26. The second-order valence-electron chi connectivity index (χ2n) is 5.70. The van der Waals surface area contributed by atoms with Crippen LogP contribution in [0.25, 0.3) is 0 Å². The number of carbonyl (C=O) groups excluding carboxylic acids is 2. The molecule has 0 unspecified atom stereocenters. The third-order valence-electron chi connectivity index (χ3n) is 3.78. The normalized spacial score (nSPS) is 19.2. The highest BCUT2D eigenvalue weighted by Gasteiger charge is 2.60. The van der Waals surface area contributed by atoms with Gasteiger partial charge in [-0.1, -0.05) is 37.6 Å². The third-order valence-corrected chi connectivity index (χ3v) is 6.12. The molecule has 1 aliphatic heterocycles. The highest BCUT2D eigenvalue weighted by Crippen LogP contribution is 2.34. The third kappa shape index (κ3) is 2.48. The molecule has 1 heterocycles. The number of hydrogen-bond donors (Lipinski definition) is 0. The predicted octanol–water partition coefficient (Wildman–Crippen LogP) is 1.77. The summed E-state index contributed by atoms with van der Waals surface area (Å²) in [6.07, 6.45) is 1.95. The Morgan fingerprint density at radius 3 is 2.24 bits per heavy atom. The summed E-state index contributed by atoms with van der Waals surface area (Å²) in [6, 6.07) is 7.06. The topological polar surface area (TPSA) is 71.5 Å². The Morgan fingerprint density at radius 2 is 1.76 bits per heavy atom. The number of sulfonamides is 1. The molecule has 1 amide bonds. The lowest BCUT2D eigenvalue weighted by Crippen LogP contribution is -2.68. The van der Waals surface area contributed by atoms with Gasteiger partial charge in [-0.2, -0.15) is 0 Å². The zero-order chi connectivity index (χ0) is 15.8. The molecule has 6 heteroatoms. The summed E-state index contributed by atoms with van der Waals surface area (Å²) < 4.78 is 23.1. The minimum atomic E-state index is -3.71. The lowest BCUT2D eigenvalue weighted by molar-refractivity contribution is -0.131. The minimum Gasteiger partial charge on any atom is -0.292 e. The van der Waals surface area contributed by atoms with Crippen molar-refractivity contribution in [2.45, 2.75) is 38.4 Å². The standard InChI is InChI=1S/C15H19NO4S/c1-4-5-11-6-8-12(9-7-11)13(17)10-16-14(18)15(2,3)21(16,19)20/h6-9H,4-5,10H2,1-3H3. The molecule has 1 aliphatic rings. The summed E-state index contributed by atoms with van der Waals surface area (Å²) in [7, 11) is -3.71. The second-order valence-corrected chi connectivity index (χ2v) is 8.11. The van der Waals surface area contributed by atoms with Gasteiger partial charge in [-0.3, -0.25) is 9.59 Å². The summed E-state index contributed by atoms with van der Waals surface area (Å²) in [5.41, 5.74) is 1.55. The average Bonchev–Trinajstić information content (AvgIpc) is 2.44. The number of nitrogens with zero attached hydrogens (tertiary/aromatic N) is 1. The highest BCUT2D eigenvalue weighted by molar-refractivity contribution is 7.94. The first kappa shape index (κ1) is 15.7. The molecule has 0 aromatic heterocycles. The van der Waals surface area contributed by atoms with Crippen LogP contribution in [0.4, 0.5) is 0 Å². The van der Waals surface area contributed by atoms with Gasteiger partial charge in [0.2, 0.25) is 0 Å². The summed E-state index contributed by atoms with van der Waals surface area (Å²) in [5, 5.41) is 0. The van der Waals surface area contributed by atoms with Crippen molar-refractivity contribution in [1.82, 2.24) is 4.31 Å². The first-order valence-electron chi connectivity index (χ1n) is 6.90. The molecule has 5 nitrogen and oxygen atoms in total. The van der Waals surface area contributed by atoms with E-state index >= 15 is 0 Å². The van der Waals surface area contributed by atoms with E-state index in [9.17, 15) is 18.0 Å². The molecule has 114 valence electrons. The van der Waals surface area contributed by atoms with Crippen LogP contribution < -0.4 is 0 Å². The molecule has 0 spiro atoms. The molecule has 1 saturated heterocycles. The number of benzene rings is 1. The Balaban J connectivity index is 2.11. The van der Waals surface area contributed by atoms with E-state index in [-0.39, 0.29) is 5.78 Å². The number of amides is 1. The Kier molecular flexibility index (Phi) is 3.93. The first-order chi connectivity index (χ1) is 9.71. The van der Waals surface area contributed by atoms with Gasteiger partial charge in [0.1, 0.15) is 6.54 Å². The summed E-state index contributed by atoms with van der Waals surface area (Å²) >= 11 is 0. The number of ketones is 1. The molecule has 0 aliphatic carbocycles. The number of Topliss-reactive ketones (excluding diaryl/α,β-unsaturated/α-hetero) is 1. The Morgan fingerprint density at radius 1 is 1.19 bits per heavy atom. The maximum Gasteiger partial charge on any atom is 0.259 e. The van der Waals surface area contributed by atoms with Gasteiger partial charge >= 0.3 is 0 Å². The lowest BCUT2D eigenvalue weighted by Gasteiger charge is -2.42. The van der Waals surface area contributed by atoms with Gasteiger partial charge in [0, 0.05) is 5.56 Å². The van der Waals surface area contributed by atoms with Crippen molar-refractivity contribution < 1.29 is 18.0 Å². The fourth-order valence-electron chi connectivity index (χ4n) is 2.28. The summed E-state index contributed by atoms with van der Waals surface area (Å²) in [4.78, 5) is 23.9. The Labute approximate surface area is 125 Å². The van der Waals surface area contributed by atoms with Crippen LogP contribution in [0, 0.1) is 0 Å². The molecular weight excluding hydrogens is 290 g/mol. The molecule has 0 radical (unpaired) electrons. The average molecular weight is 309 g/mol. The smallest absolute Gasteiger partial charge is 0.259 e. The fraction of sp³-hybridized carbons (Fsp3) is 0.467. The first-order valence-corrected chi connectivity index (χ1v) is 8.34. The van der Waals surface area contributed by atoms with Crippen LogP contribution >= 0.6 is 0 Å². The summed E-state index contributed by atoms with van der Waals surface area (Å²) in [5.74, 6) is -0.899. The molecule has 0 N–H and O–H groups in total. The SMILES string of the molecule is CCCc1ccc(C(=O)CN2C(=O)C(C)(C)S2(=O)=O)cc1. The van der Waals surface area contributed by atoms with Crippen molar-refractivity contribution in [2.75, 3.05) is 6.54 Å². The van der Waals surface area contributed by atoms with E-state index in [2.05, 4.69) is 6.92 Å². The van der Waals surface area contributed by atoms with E-state index in [0.717, 1.165) is 18.4 Å². The van der Waals surface area contributed by atoms with E-state index in [4.69, 9.17) is 0 Å². The van der Waals surface area contributed by atoms with E-state index in [1.54, 1.807) is 12.1 Å². The van der Waals surface area contributed by atoms with Crippen LogP contribution in [0.3, 0.4) is 0 Å². The van der Waals surface area contributed by atoms with Crippen molar-refractivity contribution in [3.8, 4) is 0 Å². The molecule has 0 atom stereocenters. The van der Waals surface area contributed by atoms with Crippen LogP contribution in [0.15, 0.2) is 24.3 Å². The van der Waals surface area contributed by atoms with Gasteiger partial charge in [0.05, 0.1) is 0 Å². The van der Waals surface area contributed by atoms with E-state index in [1.807, 2.05) is 12.1 Å². The van der Waals surface area contributed by atoms with Crippen LogP contribution in [-0.4, -0.2) is 35.7 Å². The molecule has 2 rings (SSSR count). The zero-order valence-corrected chi connectivity index (χ0v) is 13.2. The molecule has 1 fully saturated rings. The Hall–Kier alpha value is -1.69. The fourth-order valence-corrected chi connectivity index (χ4v) is 3.76. The number of aryl methyl sites for hydroxylation is 1. The monoisotopic (exact) mass is 309 g/mol. The van der Waals surface area contributed by atoms with Crippen LogP contribution in [0.5, 0.6) is 0 Å². The van der Waals surface area contributed by atoms with Crippen molar-refractivity contribution in [1.29, 1.82) is 0 Å². The van der Waals surface area contributed by atoms with Crippen LogP contribution in [0.1, 0.15) is 43.1 Å². The van der Waals surface area contributed by atoms with E-state index in [0.29, 0.717) is 9.87 Å². The van der Waals surface area contributed by atoms with Gasteiger partial charge in [-0.15, -0.1) is 0 Å². The number of hydrogen-bond acceptors (Lipinski definition) is 4. The van der Waals surface area contributed by atoms with Gasteiger partial charge in [-0.05, 0) is 25.8 Å². The minimum absolute atomic E-state index is 0.370. The Bertz CT molecular complexity index is 674. The maximum absolute atomic E-state index is 12.1. The van der Waals surface area contributed by atoms with Crippen LogP contribution in [0.2, 0.25) is 0 Å². The van der Waals surface area contributed by atoms with Gasteiger partial charge < -0.3 is 0 Å². The van der Waals surface area contributed by atoms with Crippen molar-refractivity contribution in [3.05, 3.63) is 35.4 Å². The van der Waals surface area contributed by atoms with Gasteiger partial charge in [-0.25, -0.2) is 12.7 Å². The quantitative estimate of drug-likeness (QED) is 0.777. The molecule has 1 aromatic carbocycles. The van der Waals surface area contributed by atoms with E-state index in [1.165, 1.54) is 13.8 Å². The highest BCUT2D eigenvalue weighted by atomic mass is 32.2. The maximum atomic E-state index is 12.1. The van der Waals surface area contributed by atoms with Gasteiger partial charge in [0.25, 0.3) is 15.9 Å². The van der Waals surface area contributed by atoms with Gasteiger partial charge in [0.15, 0.2) is 10.5 Å².